The van der Waals surface area contributed by atoms with Gasteiger partial charge in [0.15, 0.2) is 0 Å². The fraction of sp³-hybridized carbons (Fsp3) is 0.357. The summed E-state index contributed by atoms with van der Waals surface area (Å²) < 4.78 is 10.8. The number of carbonyl (C=O) groups is 2. The molecule has 2 aromatic carbocycles. The van der Waals surface area contributed by atoms with Crippen LogP contribution in [0, 0.1) is 11.3 Å². The van der Waals surface area contributed by atoms with Crippen LogP contribution in [0.4, 0.5) is 10.7 Å². The fourth-order valence-electron chi connectivity index (χ4n) is 4.53. The minimum Gasteiger partial charge on any atom is -0.497 e. The van der Waals surface area contributed by atoms with E-state index in [-0.39, 0.29) is 17.2 Å². The monoisotopic (exact) mass is 526 g/mol. The molecule has 0 saturated carbocycles. The molecule has 1 aromatic heterocycles. The fourth-order valence-corrected chi connectivity index (χ4v) is 5.97. The molecule has 1 atom stereocenters. The van der Waals surface area contributed by atoms with E-state index < -0.39 is 0 Å². The Morgan fingerprint density at radius 1 is 1.00 bits per heavy atom. The number of hydrogen-bond donors (Lipinski definition) is 2. The van der Waals surface area contributed by atoms with Gasteiger partial charge in [0.25, 0.3) is 11.8 Å². The summed E-state index contributed by atoms with van der Waals surface area (Å²) in [6.45, 7) is 6.76. The first kappa shape index (κ1) is 26.0. The number of ether oxygens (including phenoxy) is 2. The maximum atomic E-state index is 13.7. The SMILES string of the molecule is COc1ccc(OC)c(NC(=O)c2c(NC(=O)c3ccc(Cl)cc3)sc3c2CCC(C(C)(C)C)C3)c1. The zero-order chi connectivity index (χ0) is 26.0. The first-order valence-electron chi connectivity index (χ1n) is 11.9. The highest BCUT2D eigenvalue weighted by atomic mass is 35.5. The molecule has 1 heterocycles. The smallest absolute Gasteiger partial charge is 0.259 e. The molecule has 36 heavy (non-hydrogen) atoms. The van der Waals surface area contributed by atoms with E-state index in [2.05, 4.69) is 31.4 Å². The van der Waals surface area contributed by atoms with Crippen LogP contribution >= 0.6 is 22.9 Å². The van der Waals surface area contributed by atoms with Crippen LogP contribution in [0.15, 0.2) is 42.5 Å². The highest BCUT2D eigenvalue weighted by molar-refractivity contribution is 7.17. The minimum atomic E-state index is -0.292. The van der Waals surface area contributed by atoms with Crippen molar-refractivity contribution in [1.29, 1.82) is 0 Å². The van der Waals surface area contributed by atoms with E-state index in [9.17, 15) is 9.59 Å². The summed E-state index contributed by atoms with van der Waals surface area (Å²) in [5.41, 5.74) is 2.64. The Bertz CT molecular complexity index is 1280. The predicted octanol–water partition coefficient (Wildman–Crippen LogP) is 7.07. The molecular weight excluding hydrogens is 496 g/mol. The van der Waals surface area contributed by atoms with Gasteiger partial charge in [-0.25, -0.2) is 0 Å². The third-order valence-corrected chi connectivity index (χ3v) is 8.13. The topological polar surface area (TPSA) is 76.7 Å². The Kier molecular flexibility index (Phi) is 7.62. The van der Waals surface area contributed by atoms with E-state index in [1.807, 2.05) is 0 Å². The van der Waals surface area contributed by atoms with Gasteiger partial charge in [-0.15, -0.1) is 11.3 Å². The van der Waals surface area contributed by atoms with Gasteiger partial charge in [-0.1, -0.05) is 32.4 Å². The number of halogens is 1. The molecule has 0 aliphatic heterocycles. The van der Waals surface area contributed by atoms with E-state index in [4.69, 9.17) is 21.1 Å². The van der Waals surface area contributed by atoms with Crippen LogP contribution in [0.5, 0.6) is 11.5 Å². The van der Waals surface area contributed by atoms with Crippen molar-refractivity contribution in [3.8, 4) is 11.5 Å². The van der Waals surface area contributed by atoms with Gasteiger partial charge in [-0.2, -0.15) is 0 Å². The highest BCUT2D eigenvalue weighted by Gasteiger charge is 2.34. The summed E-state index contributed by atoms with van der Waals surface area (Å²) >= 11 is 7.47. The molecule has 3 aromatic rings. The third-order valence-electron chi connectivity index (χ3n) is 6.71. The zero-order valence-electron chi connectivity index (χ0n) is 21.2. The van der Waals surface area contributed by atoms with Crippen molar-refractivity contribution in [2.45, 2.75) is 40.0 Å². The normalized spacial score (nSPS) is 15.1. The van der Waals surface area contributed by atoms with Crippen LogP contribution in [0.1, 0.15) is 58.3 Å². The number of hydrogen-bond acceptors (Lipinski definition) is 5. The Hall–Kier alpha value is -3.03. The molecule has 0 spiro atoms. The lowest BCUT2D eigenvalue weighted by Gasteiger charge is -2.33. The maximum absolute atomic E-state index is 13.7. The largest absolute Gasteiger partial charge is 0.497 e. The van der Waals surface area contributed by atoms with Crippen molar-refractivity contribution in [2.24, 2.45) is 11.3 Å². The van der Waals surface area contributed by atoms with Crippen LogP contribution in [0.2, 0.25) is 5.02 Å². The molecule has 2 amide bonds. The second-order valence-electron chi connectivity index (χ2n) is 10.00. The average molecular weight is 527 g/mol. The lowest BCUT2D eigenvalue weighted by atomic mass is 9.72. The van der Waals surface area contributed by atoms with Gasteiger partial charge in [-0.3, -0.25) is 9.59 Å². The molecule has 0 bridgehead atoms. The van der Waals surface area contributed by atoms with Gasteiger partial charge in [0.2, 0.25) is 0 Å². The molecule has 2 N–H and O–H groups in total. The number of amides is 2. The number of anilines is 2. The number of rotatable bonds is 6. The molecule has 0 radical (unpaired) electrons. The van der Waals surface area contributed by atoms with E-state index >= 15 is 0 Å². The molecule has 1 unspecified atom stereocenters. The number of fused-ring (bicyclic) bond motifs is 1. The van der Waals surface area contributed by atoms with Gasteiger partial charge < -0.3 is 20.1 Å². The van der Waals surface area contributed by atoms with Gasteiger partial charge in [-0.05, 0) is 72.6 Å². The lowest BCUT2D eigenvalue weighted by molar-refractivity contribution is 0.102. The molecular formula is C28H31ClN2O4S. The summed E-state index contributed by atoms with van der Waals surface area (Å²) in [7, 11) is 3.12. The Labute approximate surface area is 221 Å². The zero-order valence-corrected chi connectivity index (χ0v) is 22.7. The Morgan fingerprint density at radius 3 is 2.36 bits per heavy atom. The van der Waals surface area contributed by atoms with E-state index in [0.717, 1.165) is 29.7 Å². The summed E-state index contributed by atoms with van der Waals surface area (Å²) in [5.74, 6) is 1.04. The number of carbonyl (C=O) groups excluding carboxylic acids is 2. The molecule has 0 fully saturated rings. The van der Waals surface area contributed by atoms with Crippen LogP contribution in [0.25, 0.3) is 0 Å². The van der Waals surface area contributed by atoms with Crippen molar-refractivity contribution in [1.82, 2.24) is 0 Å². The van der Waals surface area contributed by atoms with Crippen LogP contribution in [0.3, 0.4) is 0 Å². The molecule has 0 saturated heterocycles. The van der Waals surface area contributed by atoms with Crippen molar-refractivity contribution >= 4 is 45.4 Å². The number of thiophene rings is 1. The second kappa shape index (κ2) is 10.5. The Balaban J connectivity index is 1.71. The quantitative estimate of drug-likeness (QED) is 0.360. The molecule has 4 rings (SSSR count). The van der Waals surface area contributed by atoms with Gasteiger partial charge >= 0.3 is 0 Å². The van der Waals surface area contributed by atoms with Crippen LogP contribution < -0.4 is 20.1 Å². The highest BCUT2D eigenvalue weighted by Crippen LogP contribution is 2.45. The third kappa shape index (κ3) is 5.52. The van der Waals surface area contributed by atoms with E-state index in [0.29, 0.717) is 44.3 Å². The van der Waals surface area contributed by atoms with E-state index in [1.54, 1.807) is 56.7 Å². The Morgan fingerprint density at radius 2 is 1.72 bits per heavy atom. The van der Waals surface area contributed by atoms with Crippen LogP contribution in [-0.2, 0) is 12.8 Å². The van der Waals surface area contributed by atoms with Gasteiger partial charge in [0.05, 0.1) is 25.5 Å². The van der Waals surface area contributed by atoms with Gasteiger partial charge in [0.1, 0.15) is 16.5 Å². The number of nitrogens with one attached hydrogen (secondary N) is 2. The molecule has 1 aliphatic rings. The molecule has 1 aliphatic carbocycles. The van der Waals surface area contributed by atoms with Crippen molar-refractivity contribution in [3.05, 3.63) is 69.1 Å². The molecule has 8 heteroatoms. The maximum Gasteiger partial charge on any atom is 0.259 e. The summed E-state index contributed by atoms with van der Waals surface area (Å²) in [6, 6.07) is 11.9. The summed E-state index contributed by atoms with van der Waals surface area (Å²) in [4.78, 5) is 27.9. The molecule has 6 nitrogen and oxygen atoms in total. The van der Waals surface area contributed by atoms with E-state index in [1.165, 1.54) is 11.3 Å². The standard InChI is InChI=1S/C28H31ClN2O4S/c1-28(2,3)17-8-12-20-23(14-17)36-27(31-25(32)16-6-9-18(29)10-7-16)24(20)26(33)30-21-15-19(34-4)11-13-22(21)35-5/h6-7,9-11,13,15,17H,8,12,14H2,1-5H3,(H,30,33)(H,31,32). The first-order valence-corrected chi connectivity index (χ1v) is 13.0. The van der Waals surface area contributed by atoms with Crippen molar-refractivity contribution < 1.29 is 19.1 Å². The number of methoxy groups -OCH3 is 2. The molecule has 190 valence electrons. The lowest BCUT2D eigenvalue weighted by Crippen LogP contribution is -2.27. The van der Waals surface area contributed by atoms with Crippen molar-refractivity contribution in [2.75, 3.05) is 24.9 Å². The van der Waals surface area contributed by atoms with Crippen molar-refractivity contribution in [3.63, 3.8) is 0 Å². The number of benzene rings is 2. The predicted molar refractivity (Wildman–Crippen MR) is 146 cm³/mol. The average Bonchev–Trinajstić information content (AvgIpc) is 3.20. The summed E-state index contributed by atoms with van der Waals surface area (Å²) in [5, 5.41) is 7.08. The van der Waals surface area contributed by atoms with Gasteiger partial charge in [0, 0.05) is 21.5 Å². The second-order valence-corrected chi connectivity index (χ2v) is 11.5. The first-order chi connectivity index (χ1) is 17.1. The summed E-state index contributed by atoms with van der Waals surface area (Å²) in [6.07, 6.45) is 2.65. The van der Waals surface area contributed by atoms with Crippen LogP contribution in [-0.4, -0.2) is 26.0 Å². The minimum absolute atomic E-state index is 0.158.